The van der Waals surface area contributed by atoms with Crippen LogP contribution < -0.4 is 10.6 Å². The molecule has 1 aromatic rings. The Bertz CT molecular complexity index is 447. The standard InChI is InChI=1S/C17H26N2O/c1-3-14-7-9-15(10-8-14)19(2)16(20)13-17(18)11-5-4-6-12-17/h7-10H,3-6,11-13,18H2,1-2H3. The van der Waals surface area contributed by atoms with E-state index in [-0.39, 0.29) is 11.4 Å². The van der Waals surface area contributed by atoms with Gasteiger partial charge >= 0.3 is 0 Å². The average molecular weight is 274 g/mol. The molecule has 20 heavy (non-hydrogen) atoms. The van der Waals surface area contributed by atoms with E-state index in [1.807, 2.05) is 19.2 Å². The number of anilines is 1. The molecule has 0 bridgehead atoms. The van der Waals surface area contributed by atoms with Crippen LogP contribution in [0.3, 0.4) is 0 Å². The van der Waals surface area contributed by atoms with Crippen LogP contribution in [0.4, 0.5) is 5.69 Å². The van der Waals surface area contributed by atoms with E-state index in [1.165, 1.54) is 12.0 Å². The summed E-state index contributed by atoms with van der Waals surface area (Å²) in [6, 6.07) is 8.19. The number of hydrogen-bond acceptors (Lipinski definition) is 2. The van der Waals surface area contributed by atoms with Crippen LogP contribution >= 0.6 is 0 Å². The van der Waals surface area contributed by atoms with Crippen LogP contribution in [0.25, 0.3) is 0 Å². The summed E-state index contributed by atoms with van der Waals surface area (Å²) in [5, 5.41) is 0. The molecule has 2 rings (SSSR count). The highest BCUT2D eigenvalue weighted by molar-refractivity contribution is 5.93. The Kier molecular flexibility index (Phi) is 4.81. The molecule has 0 spiro atoms. The molecule has 0 atom stereocenters. The number of rotatable bonds is 4. The minimum absolute atomic E-state index is 0.124. The molecular weight excluding hydrogens is 248 g/mol. The van der Waals surface area contributed by atoms with Crippen LogP contribution in [0, 0.1) is 0 Å². The zero-order valence-electron chi connectivity index (χ0n) is 12.7. The Morgan fingerprint density at radius 2 is 1.80 bits per heavy atom. The third-order valence-electron chi connectivity index (χ3n) is 4.46. The maximum absolute atomic E-state index is 12.4. The molecule has 0 radical (unpaired) electrons. The molecule has 1 aliphatic rings. The summed E-state index contributed by atoms with van der Waals surface area (Å²) < 4.78 is 0. The number of nitrogens with zero attached hydrogens (tertiary/aromatic N) is 1. The molecule has 1 aromatic carbocycles. The summed E-state index contributed by atoms with van der Waals surface area (Å²) in [5.41, 5.74) is 8.33. The maximum Gasteiger partial charge on any atom is 0.228 e. The quantitative estimate of drug-likeness (QED) is 0.916. The summed E-state index contributed by atoms with van der Waals surface area (Å²) in [6.07, 6.45) is 6.98. The van der Waals surface area contributed by atoms with Crippen molar-refractivity contribution in [2.24, 2.45) is 5.73 Å². The summed E-state index contributed by atoms with van der Waals surface area (Å²) in [4.78, 5) is 14.2. The van der Waals surface area contributed by atoms with Gasteiger partial charge in [-0.2, -0.15) is 0 Å². The van der Waals surface area contributed by atoms with E-state index in [0.717, 1.165) is 37.8 Å². The SMILES string of the molecule is CCc1ccc(N(C)C(=O)CC2(N)CCCCC2)cc1. The van der Waals surface area contributed by atoms with Gasteiger partial charge in [-0.05, 0) is 37.0 Å². The van der Waals surface area contributed by atoms with Gasteiger partial charge in [-0.3, -0.25) is 4.79 Å². The molecular formula is C17H26N2O. The van der Waals surface area contributed by atoms with E-state index in [4.69, 9.17) is 5.73 Å². The van der Waals surface area contributed by atoms with Gasteiger partial charge in [-0.25, -0.2) is 0 Å². The van der Waals surface area contributed by atoms with E-state index in [2.05, 4.69) is 19.1 Å². The first kappa shape index (κ1) is 15.0. The summed E-state index contributed by atoms with van der Waals surface area (Å²) >= 11 is 0. The van der Waals surface area contributed by atoms with Crippen LogP contribution in [0.1, 0.15) is 51.0 Å². The van der Waals surface area contributed by atoms with Gasteiger partial charge in [0.15, 0.2) is 0 Å². The molecule has 0 saturated heterocycles. The molecule has 0 heterocycles. The number of carbonyl (C=O) groups excluding carboxylic acids is 1. The van der Waals surface area contributed by atoms with Crippen molar-refractivity contribution in [2.75, 3.05) is 11.9 Å². The second-order valence-corrected chi connectivity index (χ2v) is 6.07. The molecule has 0 aromatic heterocycles. The van der Waals surface area contributed by atoms with Crippen LogP contribution in [0.2, 0.25) is 0 Å². The van der Waals surface area contributed by atoms with Crippen molar-refractivity contribution in [3.63, 3.8) is 0 Å². The number of carbonyl (C=O) groups is 1. The van der Waals surface area contributed by atoms with Gasteiger partial charge in [0.2, 0.25) is 5.91 Å². The molecule has 0 unspecified atom stereocenters. The third-order valence-corrected chi connectivity index (χ3v) is 4.46. The molecule has 0 aliphatic heterocycles. The Morgan fingerprint density at radius 1 is 1.20 bits per heavy atom. The molecule has 3 heteroatoms. The summed E-state index contributed by atoms with van der Waals surface area (Å²) in [5.74, 6) is 0.124. The maximum atomic E-state index is 12.4. The highest BCUT2D eigenvalue weighted by Crippen LogP contribution is 2.29. The lowest BCUT2D eigenvalue weighted by molar-refractivity contribution is -0.119. The highest BCUT2D eigenvalue weighted by atomic mass is 16.2. The second-order valence-electron chi connectivity index (χ2n) is 6.07. The molecule has 1 saturated carbocycles. The number of amides is 1. The fourth-order valence-electron chi connectivity index (χ4n) is 2.95. The van der Waals surface area contributed by atoms with E-state index >= 15 is 0 Å². The number of benzene rings is 1. The number of aryl methyl sites for hydroxylation is 1. The highest BCUT2D eigenvalue weighted by Gasteiger charge is 2.31. The largest absolute Gasteiger partial charge is 0.325 e. The van der Waals surface area contributed by atoms with E-state index in [0.29, 0.717) is 6.42 Å². The van der Waals surface area contributed by atoms with Crippen molar-refractivity contribution in [2.45, 2.75) is 57.4 Å². The average Bonchev–Trinajstić information content (AvgIpc) is 2.47. The zero-order valence-corrected chi connectivity index (χ0v) is 12.7. The molecule has 1 aliphatic carbocycles. The van der Waals surface area contributed by atoms with Crippen LogP contribution in [-0.4, -0.2) is 18.5 Å². The fourth-order valence-corrected chi connectivity index (χ4v) is 2.95. The fraction of sp³-hybridized carbons (Fsp3) is 0.588. The first-order valence-electron chi connectivity index (χ1n) is 7.68. The van der Waals surface area contributed by atoms with Gasteiger partial charge < -0.3 is 10.6 Å². The van der Waals surface area contributed by atoms with E-state index in [9.17, 15) is 4.79 Å². The molecule has 1 amide bonds. The number of hydrogen-bond donors (Lipinski definition) is 1. The third kappa shape index (κ3) is 3.60. The molecule has 3 nitrogen and oxygen atoms in total. The van der Waals surface area contributed by atoms with Crippen molar-refractivity contribution in [3.05, 3.63) is 29.8 Å². The normalized spacial score (nSPS) is 17.8. The van der Waals surface area contributed by atoms with E-state index < -0.39 is 0 Å². The Hall–Kier alpha value is -1.35. The summed E-state index contributed by atoms with van der Waals surface area (Å²) in [6.45, 7) is 2.13. The lowest BCUT2D eigenvalue weighted by Crippen LogP contribution is -2.46. The van der Waals surface area contributed by atoms with Crippen molar-refractivity contribution in [1.82, 2.24) is 0 Å². The molecule has 110 valence electrons. The first-order chi connectivity index (χ1) is 9.54. The molecule has 1 fully saturated rings. The topological polar surface area (TPSA) is 46.3 Å². The zero-order chi connectivity index (χ0) is 14.6. The van der Waals surface area contributed by atoms with Gasteiger partial charge in [0.25, 0.3) is 0 Å². The predicted molar refractivity (Wildman–Crippen MR) is 83.9 cm³/mol. The van der Waals surface area contributed by atoms with Crippen molar-refractivity contribution in [3.8, 4) is 0 Å². The van der Waals surface area contributed by atoms with Crippen molar-refractivity contribution < 1.29 is 4.79 Å². The van der Waals surface area contributed by atoms with E-state index in [1.54, 1.807) is 4.90 Å². The Morgan fingerprint density at radius 3 is 2.35 bits per heavy atom. The molecule has 2 N–H and O–H groups in total. The van der Waals surface area contributed by atoms with Gasteiger partial charge in [-0.1, -0.05) is 38.3 Å². The van der Waals surface area contributed by atoms with Crippen molar-refractivity contribution in [1.29, 1.82) is 0 Å². The lowest BCUT2D eigenvalue weighted by Gasteiger charge is -2.34. The minimum Gasteiger partial charge on any atom is -0.325 e. The second kappa shape index (κ2) is 6.40. The van der Waals surface area contributed by atoms with Gasteiger partial charge in [-0.15, -0.1) is 0 Å². The predicted octanol–water partition coefficient (Wildman–Crippen LogP) is 3.26. The van der Waals surface area contributed by atoms with Crippen molar-refractivity contribution >= 4 is 11.6 Å². The Balaban J connectivity index is 2.00. The van der Waals surface area contributed by atoms with Crippen LogP contribution in [0.5, 0.6) is 0 Å². The van der Waals surface area contributed by atoms with Crippen LogP contribution in [-0.2, 0) is 11.2 Å². The lowest BCUT2D eigenvalue weighted by atomic mass is 9.80. The Labute approximate surface area is 122 Å². The monoisotopic (exact) mass is 274 g/mol. The number of nitrogens with two attached hydrogens (primary N) is 1. The summed E-state index contributed by atoms with van der Waals surface area (Å²) in [7, 11) is 1.84. The van der Waals surface area contributed by atoms with Gasteiger partial charge in [0.05, 0.1) is 0 Å². The van der Waals surface area contributed by atoms with Gasteiger partial charge in [0.1, 0.15) is 0 Å². The minimum atomic E-state index is -0.285. The first-order valence-corrected chi connectivity index (χ1v) is 7.68. The van der Waals surface area contributed by atoms with Crippen LogP contribution in [0.15, 0.2) is 24.3 Å². The smallest absolute Gasteiger partial charge is 0.228 e. The van der Waals surface area contributed by atoms with Gasteiger partial charge in [0, 0.05) is 24.7 Å².